The van der Waals surface area contributed by atoms with Gasteiger partial charge in [0.25, 0.3) is 0 Å². The third-order valence-corrected chi connectivity index (χ3v) is 3.06. The van der Waals surface area contributed by atoms with Crippen LogP contribution in [0, 0.1) is 5.92 Å². The van der Waals surface area contributed by atoms with Crippen LogP contribution < -0.4 is 5.32 Å². The normalized spacial score (nSPS) is 29.1. The first-order valence-corrected chi connectivity index (χ1v) is 5.33. The van der Waals surface area contributed by atoms with Crippen LogP contribution in [-0.2, 0) is 9.53 Å². The number of ether oxygens (including phenoxy) is 1. The molecule has 0 radical (unpaired) electrons. The molecular formula is C11H17NO2. The SMILES string of the molecule is CC(NC1=CC(=O)CC1)C1CCOC1. The van der Waals surface area contributed by atoms with E-state index in [-0.39, 0.29) is 5.78 Å². The van der Waals surface area contributed by atoms with E-state index in [2.05, 4.69) is 12.2 Å². The lowest BCUT2D eigenvalue weighted by Crippen LogP contribution is -2.32. The highest BCUT2D eigenvalue weighted by molar-refractivity contribution is 5.92. The maximum atomic E-state index is 11.0. The Bertz CT molecular complexity index is 254. The van der Waals surface area contributed by atoms with Crippen molar-refractivity contribution >= 4 is 5.78 Å². The Balaban J connectivity index is 1.84. The molecule has 78 valence electrons. The number of carbonyl (C=O) groups excluding carboxylic acids is 1. The molecule has 2 unspecified atom stereocenters. The summed E-state index contributed by atoms with van der Waals surface area (Å²) in [5.74, 6) is 0.856. The second kappa shape index (κ2) is 4.13. The number of rotatable bonds is 3. The minimum atomic E-state index is 0.252. The molecule has 1 fully saturated rings. The predicted octanol–water partition coefficient (Wildman–Crippen LogP) is 1.25. The van der Waals surface area contributed by atoms with Crippen molar-refractivity contribution in [2.45, 2.75) is 32.2 Å². The fraction of sp³-hybridized carbons (Fsp3) is 0.727. The molecule has 2 aliphatic rings. The van der Waals surface area contributed by atoms with Gasteiger partial charge in [0.15, 0.2) is 5.78 Å². The monoisotopic (exact) mass is 195 g/mol. The van der Waals surface area contributed by atoms with Gasteiger partial charge in [-0.15, -0.1) is 0 Å². The number of hydrogen-bond donors (Lipinski definition) is 1. The Labute approximate surface area is 84.5 Å². The summed E-state index contributed by atoms with van der Waals surface area (Å²) in [6, 6.07) is 0.426. The summed E-state index contributed by atoms with van der Waals surface area (Å²) in [5, 5.41) is 3.41. The summed E-state index contributed by atoms with van der Waals surface area (Å²) in [6.07, 6.45) is 4.44. The molecule has 0 saturated carbocycles. The lowest BCUT2D eigenvalue weighted by Gasteiger charge is -2.20. The van der Waals surface area contributed by atoms with Crippen LogP contribution in [-0.4, -0.2) is 25.0 Å². The van der Waals surface area contributed by atoms with Crippen molar-refractivity contribution in [3.63, 3.8) is 0 Å². The largest absolute Gasteiger partial charge is 0.385 e. The summed E-state index contributed by atoms with van der Waals surface area (Å²) in [6.45, 7) is 3.91. The molecule has 0 spiro atoms. The number of ketones is 1. The Hall–Kier alpha value is -0.830. The van der Waals surface area contributed by atoms with Crippen molar-refractivity contribution in [3.8, 4) is 0 Å². The summed E-state index contributed by atoms with van der Waals surface area (Å²) in [5.41, 5.74) is 1.11. The molecule has 1 aliphatic heterocycles. The molecule has 2 atom stereocenters. The van der Waals surface area contributed by atoms with Gasteiger partial charge in [-0.25, -0.2) is 0 Å². The van der Waals surface area contributed by atoms with Gasteiger partial charge in [-0.1, -0.05) is 0 Å². The van der Waals surface area contributed by atoms with Crippen molar-refractivity contribution in [1.82, 2.24) is 5.32 Å². The van der Waals surface area contributed by atoms with Crippen LogP contribution in [0.2, 0.25) is 0 Å². The van der Waals surface area contributed by atoms with E-state index in [0.717, 1.165) is 31.8 Å². The van der Waals surface area contributed by atoms with Crippen LogP contribution in [0.5, 0.6) is 0 Å². The minimum Gasteiger partial charge on any atom is -0.385 e. The minimum absolute atomic E-state index is 0.252. The fourth-order valence-corrected chi connectivity index (χ4v) is 2.07. The first-order valence-electron chi connectivity index (χ1n) is 5.33. The third kappa shape index (κ3) is 2.15. The smallest absolute Gasteiger partial charge is 0.157 e. The molecule has 1 aliphatic carbocycles. The van der Waals surface area contributed by atoms with Crippen LogP contribution in [0.15, 0.2) is 11.8 Å². The van der Waals surface area contributed by atoms with E-state index in [9.17, 15) is 4.79 Å². The molecule has 1 saturated heterocycles. The van der Waals surface area contributed by atoms with Crippen LogP contribution >= 0.6 is 0 Å². The molecule has 1 N–H and O–H groups in total. The van der Waals surface area contributed by atoms with E-state index < -0.39 is 0 Å². The van der Waals surface area contributed by atoms with Crippen molar-refractivity contribution in [2.24, 2.45) is 5.92 Å². The van der Waals surface area contributed by atoms with Gasteiger partial charge < -0.3 is 10.1 Å². The summed E-state index contributed by atoms with van der Waals surface area (Å²) in [7, 11) is 0. The average molecular weight is 195 g/mol. The lowest BCUT2D eigenvalue weighted by molar-refractivity contribution is -0.114. The number of allylic oxidation sites excluding steroid dienone is 2. The van der Waals surface area contributed by atoms with E-state index in [1.807, 2.05) is 0 Å². The fourth-order valence-electron chi connectivity index (χ4n) is 2.07. The molecule has 3 nitrogen and oxygen atoms in total. The zero-order valence-electron chi connectivity index (χ0n) is 8.58. The molecule has 0 aromatic rings. The molecule has 1 heterocycles. The Morgan fingerprint density at radius 2 is 2.43 bits per heavy atom. The van der Waals surface area contributed by atoms with Gasteiger partial charge >= 0.3 is 0 Å². The standard InChI is InChI=1S/C11H17NO2/c1-8(9-4-5-14-7-9)12-10-2-3-11(13)6-10/h6,8-9,12H,2-5,7H2,1H3. The van der Waals surface area contributed by atoms with Gasteiger partial charge in [-0.2, -0.15) is 0 Å². The first-order chi connectivity index (χ1) is 6.75. The molecule has 0 aromatic heterocycles. The average Bonchev–Trinajstić information content (AvgIpc) is 2.75. The van der Waals surface area contributed by atoms with E-state index in [4.69, 9.17) is 4.74 Å². The molecule has 0 bridgehead atoms. The molecule has 2 rings (SSSR count). The second-order valence-corrected chi connectivity index (χ2v) is 4.19. The van der Waals surface area contributed by atoms with E-state index in [1.54, 1.807) is 6.08 Å². The summed E-state index contributed by atoms with van der Waals surface area (Å²) < 4.78 is 5.34. The Kier molecular flexibility index (Phi) is 2.87. The number of carbonyl (C=O) groups is 1. The van der Waals surface area contributed by atoms with E-state index in [1.165, 1.54) is 0 Å². The van der Waals surface area contributed by atoms with Gasteiger partial charge in [0.1, 0.15) is 0 Å². The number of hydrogen-bond acceptors (Lipinski definition) is 3. The third-order valence-electron chi connectivity index (χ3n) is 3.06. The predicted molar refractivity (Wildman–Crippen MR) is 53.8 cm³/mol. The Morgan fingerprint density at radius 3 is 3.00 bits per heavy atom. The molecule has 3 heteroatoms. The second-order valence-electron chi connectivity index (χ2n) is 4.19. The van der Waals surface area contributed by atoms with Crippen LogP contribution in [0.1, 0.15) is 26.2 Å². The van der Waals surface area contributed by atoms with Gasteiger partial charge in [-0.3, -0.25) is 4.79 Å². The maximum absolute atomic E-state index is 11.0. The quantitative estimate of drug-likeness (QED) is 0.736. The van der Waals surface area contributed by atoms with Gasteiger partial charge in [0.2, 0.25) is 0 Å². The highest BCUT2D eigenvalue weighted by Gasteiger charge is 2.23. The van der Waals surface area contributed by atoms with Crippen molar-refractivity contribution in [2.75, 3.05) is 13.2 Å². The first kappa shape index (κ1) is 9.71. The van der Waals surface area contributed by atoms with Crippen LogP contribution in [0.4, 0.5) is 0 Å². The zero-order chi connectivity index (χ0) is 9.97. The van der Waals surface area contributed by atoms with Crippen molar-refractivity contribution in [1.29, 1.82) is 0 Å². The van der Waals surface area contributed by atoms with Crippen molar-refractivity contribution < 1.29 is 9.53 Å². The number of nitrogens with one attached hydrogen (secondary N) is 1. The zero-order valence-corrected chi connectivity index (χ0v) is 8.58. The lowest BCUT2D eigenvalue weighted by atomic mass is 10.0. The molecular weight excluding hydrogens is 178 g/mol. The molecule has 0 amide bonds. The highest BCUT2D eigenvalue weighted by Crippen LogP contribution is 2.19. The summed E-state index contributed by atoms with van der Waals surface area (Å²) >= 11 is 0. The van der Waals surface area contributed by atoms with E-state index >= 15 is 0 Å². The van der Waals surface area contributed by atoms with E-state index in [0.29, 0.717) is 18.4 Å². The van der Waals surface area contributed by atoms with Crippen LogP contribution in [0.25, 0.3) is 0 Å². The summed E-state index contributed by atoms with van der Waals surface area (Å²) in [4.78, 5) is 11.0. The molecule has 14 heavy (non-hydrogen) atoms. The van der Waals surface area contributed by atoms with Crippen molar-refractivity contribution in [3.05, 3.63) is 11.8 Å². The van der Waals surface area contributed by atoms with Gasteiger partial charge in [0.05, 0.1) is 6.61 Å². The van der Waals surface area contributed by atoms with Crippen LogP contribution in [0.3, 0.4) is 0 Å². The molecule has 0 aromatic carbocycles. The maximum Gasteiger partial charge on any atom is 0.157 e. The Morgan fingerprint density at radius 1 is 1.57 bits per heavy atom. The highest BCUT2D eigenvalue weighted by atomic mass is 16.5. The van der Waals surface area contributed by atoms with Gasteiger partial charge in [-0.05, 0) is 19.8 Å². The topological polar surface area (TPSA) is 38.3 Å². The van der Waals surface area contributed by atoms with Gasteiger partial charge in [0, 0.05) is 36.8 Å².